The first-order valence-electron chi connectivity index (χ1n) is 4.36. The van der Waals surface area contributed by atoms with Gasteiger partial charge in [0, 0.05) is 11.6 Å². The Kier molecular flexibility index (Phi) is 3.01. The summed E-state index contributed by atoms with van der Waals surface area (Å²) >= 11 is 5.56. The number of alkyl halides is 3. The van der Waals surface area contributed by atoms with Crippen LogP contribution in [0.3, 0.4) is 0 Å². The van der Waals surface area contributed by atoms with Gasteiger partial charge in [0.1, 0.15) is 0 Å². The van der Waals surface area contributed by atoms with Gasteiger partial charge in [0.2, 0.25) is 0 Å². The van der Waals surface area contributed by atoms with Crippen molar-refractivity contribution in [3.8, 4) is 0 Å². The molecule has 0 bridgehead atoms. The SMILES string of the molecule is CC(C)(C)c1nccc(Cl)c1C(F)(F)F. The molecule has 84 valence electrons. The van der Waals surface area contributed by atoms with Gasteiger partial charge in [0.25, 0.3) is 0 Å². The highest BCUT2D eigenvalue weighted by molar-refractivity contribution is 6.31. The molecule has 0 radical (unpaired) electrons. The predicted molar refractivity (Wildman–Crippen MR) is 52.9 cm³/mol. The van der Waals surface area contributed by atoms with Gasteiger partial charge in [0.15, 0.2) is 0 Å². The monoisotopic (exact) mass is 237 g/mol. The van der Waals surface area contributed by atoms with E-state index in [0.717, 1.165) is 6.07 Å². The molecule has 0 aromatic carbocycles. The number of aromatic nitrogens is 1. The van der Waals surface area contributed by atoms with Gasteiger partial charge in [-0.15, -0.1) is 0 Å². The van der Waals surface area contributed by atoms with Gasteiger partial charge in [0.05, 0.1) is 16.3 Å². The molecule has 1 rings (SSSR count). The highest BCUT2D eigenvalue weighted by Crippen LogP contribution is 2.40. The summed E-state index contributed by atoms with van der Waals surface area (Å²) in [4.78, 5) is 3.77. The fourth-order valence-electron chi connectivity index (χ4n) is 1.28. The molecule has 0 fully saturated rings. The third kappa shape index (κ3) is 2.62. The zero-order valence-electron chi connectivity index (χ0n) is 8.61. The van der Waals surface area contributed by atoms with Crippen molar-refractivity contribution < 1.29 is 13.2 Å². The number of halogens is 4. The lowest BCUT2D eigenvalue weighted by Crippen LogP contribution is -2.21. The Hall–Kier alpha value is -0.770. The summed E-state index contributed by atoms with van der Waals surface area (Å²) in [5, 5.41) is -0.303. The Labute approximate surface area is 91.3 Å². The third-order valence-corrected chi connectivity index (χ3v) is 2.21. The van der Waals surface area contributed by atoms with Gasteiger partial charge in [-0.2, -0.15) is 13.2 Å². The van der Waals surface area contributed by atoms with Crippen molar-refractivity contribution >= 4 is 11.6 Å². The molecule has 0 atom stereocenters. The van der Waals surface area contributed by atoms with Crippen LogP contribution in [0.2, 0.25) is 5.02 Å². The van der Waals surface area contributed by atoms with E-state index < -0.39 is 17.2 Å². The largest absolute Gasteiger partial charge is 0.419 e. The number of pyridine rings is 1. The van der Waals surface area contributed by atoms with E-state index in [1.807, 2.05) is 0 Å². The Morgan fingerprint density at radius 2 is 1.73 bits per heavy atom. The van der Waals surface area contributed by atoms with Gasteiger partial charge in [-0.05, 0) is 6.07 Å². The summed E-state index contributed by atoms with van der Waals surface area (Å²) in [6, 6.07) is 1.15. The van der Waals surface area contributed by atoms with Crippen molar-refractivity contribution in [3.63, 3.8) is 0 Å². The van der Waals surface area contributed by atoms with Crippen LogP contribution in [0.4, 0.5) is 13.2 Å². The highest BCUT2D eigenvalue weighted by Gasteiger charge is 2.39. The first kappa shape index (κ1) is 12.3. The van der Waals surface area contributed by atoms with Crippen LogP contribution in [0.25, 0.3) is 0 Å². The normalized spacial score (nSPS) is 13.0. The molecule has 0 saturated heterocycles. The Morgan fingerprint density at radius 1 is 1.20 bits per heavy atom. The van der Waals surface area contributed by atoms with Crippen LogP contribution < -0.4 is 0 Å². The topological polar surface area (TPSA) is 12.9 Å². The summed E-state index contributed by atoms with van der Waals surface area (Å²) in [7, 11) is 0. The van der Waals surface area contributed by atoms with Crippen LogP contribution in [0.1, 0.15) is 32.0 Å². The molecule has 1 heterocycles. The molecule has 0 saturated carbocycles. The Balaban J connectivity index is 3.48. The minimum atomic E-state index is -4.46. The molecular weight excluding hydrogens is 227 g/mol. The summed E-state index contributed by atoms with van der Waals surface area (Å²) in [6.07, 6.45) is -3.17. The van der Waals surface area contributed by atoms with Gasteiger partial charge in [-0.25, -0.2) is 0 Å². The molecule has 1 aromatic rings. The summed E-state index contributed by atoms with van der Waals surface area (Å²) in [5.74, 6) is 0. The van der Waals surface area contributed by atoms with E-state index in [1.165, 1.54) is 6.20 Å². The minimum absolute atomic E-state index is 0.0255. The first-order valence-corrected chi connectivity index (χ1v) is 4.74. The van der Waals surface area contributed by atoms with Crippen molar-refractivity contribution in [3.05, 3.63) is 28.5 Å². The maximum Gasteiger partial charge on any atom is 0.419 e. The lowest BCUT2D eigenvalue weighted by atomic mass is 9.88. The zero-order chi connectivity index (χ0) is 11.9. The number of rotatable bonds is 0. The van der Waals surface area contributed by atoms with Gasteiger partial charge in [-0.3, -0.25) is 4.98 Å². The Morgan fingerprint density at radius 3 is 2.07 bits per heavy atom. The van der Waals surface area contributed by atoms with Gasteiger partial charge in [-0.1, -0.05) is 32.4 Å². The average molecular weight is 238 g/mol. The van der Waals surface area contributed by atoms with Crippen LogP contribution in [-0.4, -0.2) is 4.98 Å². The molecule has 0 N–H and O–H groups in total. The van der Waals surface area contributed by atoms with E-state index in [-0.39, 0.29) is 10.7 Å². The first-order chi connectivity index (χ1) is 6.64. The van der Waals surface area contributed by atoms with E-state index >= 15 is 0 Å². The molecule has 0 aliphatic rings. The van der Waals surface area contributed by atoms with Gasteiger partial charge >= 0.3 is 6.18 Å². The van der Waals surface area contributed by atoms with Gasteiger partial charge < -0.3 is 0 Å². The molecular formula is C10H11ClF3N. The Bertz CT molecular complexity index is 366. The molecule has 0 amide bonds. The molecule has 0 aliphatic heterocycles. The predicted octanol–water partition coefficient (Wildman–Crippen LogP) is 4.05. The summed E-state index contributed by atoms with van der Waals surface area (Å²) in [5.41, 5.74) is -1.54. The van der Waals surface area contributed by atoms with Crippen LogP contribution in [-0.2, 0) is 11.6 Å². The number of nitrogens with zero attached hydrogens (tertiary/aromatic N) is 1. The average Bonchev–Trinajstić information content (AvgIpc) is 1.99. The van der Waals surface area contributed by atoms with E-state index in [1.54, 1.807) is 20.8 Å². The van der Waals surface area contributed by atoms with Crippen molar-refractivity contribution in [2.75, 3.05) is 0 Å². The summed E-state index contributed by atoms with van der Waals surface area (Å²) < 4.78 is 38.1. The molecule has 15 heavy (non-hydrogen) atoms. The third-order valence-electron chi connectivity index (χ3n) is 1.89. The van der Waals surface area contributed by atoms with E-state index in [9.17, 15) is 13.2 Å². The van der Waals surface area contributed by atoms with Crippen molar-refractivity contribution in [1.82, 2.24) is 4.98 Å². The fraction of sp³-hybridized carbons (Fsp3) is 0.500. The lowest BCUT2D eigenvalue weighted by Gasteiger charge is -2.23. The summed E-state index contributed by atoms with van der Waals surface area (Å²) in [6.45, 7) is 5.00. The van der Waals surface area contributed by atoms with Crippen molar-refractivity contribution in [1.29, 1.82) is 0 Å². The molecule has 0 unspecified atom stereocenters. The van der Waals surface area contributed by atoms with E-state index in [0.29, 0.717) is 0 Å². The number of hydrogen-bond donors (Lipinski definition) is 0. The second kappa shape index (κ2) is 3.67. The maximum atomic E-state index is 12.7. The molecule has 5 heteroatoms. The molecule has 0 aliphatic carbocycles. The highest BCUT2D eigenvalue weighted by atomic mass is 35.5. The van der Waals surface area contributed by atoms with Crippen molar-refractivity contribution in [2.45, 2.75) is 32.4 Å². The molecule has 1 aromatic heterocycles. The maximum absolute atomic E-state index is 12.7. The van der Waals surface area contributed by atoms with Crippen molar-refractivity contribution in [2.24, 2.45) is 0 Å². The fourth-order valence-corrected chi connectivity index (χ4v) is 1.53. The van der Waals surface area contributed by atoms with E-state index in [4.69, 9.17) is 11.6 Å². The second-order valence-corrected chi connectivity index (χ2v) is 4.67. The molecule has 1 nitrogen and oxygen atoms in total. The quantitative estimate of drug-likeness (QED) is 0.663. The van der Waals surface area contributed by atoms with Crippen LogP contribution in [0.15, 0.2) is 12.3 Å². The molecule has 0 spiro atoms. The van der Waals surface area contributed by atoms with Crippen LogP contribution >= 0.6 is 11.6 Å². The minimum Gasteiger partial charge on any atom is -0.260 e. The second-order valence-electron chi connectivity index (χ2n) is 4.26. The lowest BCUT2D eigenvalue weighted by molar-refractivity contribution is -0.138. The van der Waals surface area contributed by atoms with Crippen LogP contribution in [0.5, 0.6) is 0 Å². The zero-order valence-corrected chi connectivity index (χ0v) is 9.37. The standard InChI is InChI=1S/C10H11ClF3N/c1-9(2,3)8-7(10(12,13)14)6(11)4-5-15-8/h4-5H,1-3H3. The smallest absolute Gasteiger partial charge is 0.260 e. The van der Waals surface area contributed by atoms with E-state index in [2.05, 4.69) is 4.98 Å². The number of hydrogen-bond acceptors (Lipinski definition) is 1. The van der Waals surface area contributed by atoms with Crippen LogP contribution in [0, 0.1) is 0 Å².